The highest BCUT2D eigenvalue weighted by Crippen LogP contribution is 2.39. The van der Waals surface area contributed by atoms with E-state index in [1.807, 2.05) is 0 Å². The van der Waals surface area contributed by atoms with Crippen LogP contribution in [0, 0.1) is 11.3 Å². The molecule has 0 aromatic heterocycles. The summed E-state index contributed by atoms with van der Waals surface area (Å²) in [6, 6.07) is 0. The molecule has 1 heteroatoms. The fourth-order valence-corrected chi connectivity index (χ4v) is 2.55. The predicted molar refractivity (Wildman–Crippen MR) is 68.1 cm³/mol. The molecule has 1 nitrogen and oxygen atoms in total. The normalized spacial score (nSPS) is 30.6. The summed E-state index contributed by atoms with van der Waals surface area (Å²) in [4.78, 5) is 2.65. The number of nitrogens with zero attached hydrogens (tertiary/aromatic N) is 1. The van der Waals surface area contributed by atoms with Crippen molar-refractivity contribution in [1.82, 2.24) is 4.90 Å². The molecule has 15 heavy (non-hydrogen) atoms. The van der Waals surface area contributed by atoms with E-state index in [1.165, 1.54) is 32.4 Å². The Morgan fingerprint density at radius 1 is 1.07 bits per heavy atom. The molecule has 0 radical (unpaired) electrons. The Balaban J connectivity index is 2.64. The van der Waals surface area contributed by atoms with Crippen LogP contribution in [0.4, 0.5) is 0 Å². The number of likely N-dealkylation sites (tertiary alicyclic amines) is 1. The lowest BCUT2D eigenvalue weighted by Gasteiger charge is -2.36. The Morgan fingerprint density at radius 2 is 1.67 bits per heavy atom. The summed E-state index contributed by atoms with van der Waals surface area (Å²) >= 11 is 0. The Labute approximate surface area is 96.2 Å². The van der Waals surface area contributed by atoms with Crippen LogP contribution in [0.15, 0.2) is 0 Å². The molecule has 0 spiro atoms. The summed E-state index contributed by atoms with van der Waals surface area (Å²) in [6.45, 7) is 16.8. The van der Waals surface area contributed by atoms with E-state index in [0.29, 0.717) is 11.0 Å². The second kappa shape index (κ2) is 4.45. The summed E-state index contributed by atoms with van der Waals surface area (Å²) < 4.78 is 0. The van der Waals surface area contributed by atoms with Crippen LogP contribution in [0.5, 0.6) is 0 Å². The Bertz CT molecular complexity index is 202. The lowest BCUT2D eigenvalue weighted by atomic mass is 9.73. The van der Waals surface area contributed by atoms with E-state index in [-0.39, 0.29) is 0 Å². The molecule has 1 aliphatic rings. The summed E-state index contributed by atoms with van der Waals surface area (Å²) in [5.41, 5.74) is 0.919. The minimum absolute atomic E-state index is 0.349. The van der Waals surface area contributed by atoms with Crippen molar-refractivity contribution < 1.29 is 0 Å². The standard InChI is InChI=1S/C14H29N/c1-12(2)14(6)8-7-10-15(11-9-14)13(3,4)5/h12H,7-11H2,1-6H3. The maximum atomic E-state index is 2.65. The van der Waals surface area contributed by atoms with E-state index >= 15 is 0 Å². The Kier molecular flexibility index (Phi) is 3.86. The molecule has 1 atom stereocenters. The molecule has 0 aliphatic carbocycles. The van der Waals surface area contributed by atoms with Gasteiger partial charge < -0.3 is 0 Å². The van der Waals surface area contributed by atoms with E-state index in [9.17, 15) is 0 Å². The highest BCUT2D eigenvalue weighted by molar-refractivity contribution is 4.86. The lowest BCUT2D eigenvalue weighted by molar-refractivity contribution is 0.126. The topological polar surface area (TPSA) is 3.24 Å². The maximum absolute atomic E-state index is 2.65. The van der Waals surface area contributed by atoms with Crippen molar-refractivity contribution in [3.8, 4) is 0 Å². The number of rotatable bonds is 1. The van der Waals surface area contributed by atoms with Gasteiger partial charge in [0, 0.05) is 5.54 Å². The molecule has 0 bridgehead atoms. The number of hydrogen-bond acceptors (Lipinski definition) is 1. The van der Waals surface area contributed by atoms with Gasteiger partial charge in [0.15, 0.2) is 0 Å². The van der Waals surface area contributed by atoms with Crippen molar-refractivity contribution in [2.24, 2.45) is 11.3 Å². The van der Waals surface area contributed by atoms with Crippen molar-refractivity contribution in [1.29, 1.82) is 0 Å². The van der Waals surface area contributed by atoms with Crippen molar-refractivity contribution in [2.45, 2.75) is 66.3 Å². The van der Waals surface area contributed by atoms with Gasteiger partial charge >= 0.3 is 0 Å². The molecule has 1 rings (SSSR count). The summed E-state index contributed by atoms with van der Waals surface area (Å²) in [5.74, 6) is 0.817. The second-order valence-corrected chi connectivity index (χ2v) is 6.82. The third-order valence-electron chi connectivity index (χ3n) is 4.47. The highest BCUT2D eigenvalue weighted by atomic mass is 15.2. The molecule has 1 saturated heterocycles. The zero-order valence-electron chi connectivity index (χ0n) is 11.6. The maximum Gasteiger partial charge on any atom is 0.0125 e. The van der Waals surface area contributed by atoms with Gasteiger partial charge in [-0.2, -0.15) is 0 Å². The van der Waals surface area contributed by atoms with Gasteiger partial charge in [0.2, 0.25) is 0 Å². The van der Waals surface area contributed by atoms with Gasteiger partial charge in [-0.1, -0.05) is 20.8 Å². The van der Waals surface area contributed by atoms with E-state index < -0.39 is 0 Å². The van der Waals surface area contributed by atoms with Gasteiger partial charge in [-0.15, -0.1) is 0 Å². The van der Waals surface area contributed by atoms with Crippen molar-refractivity contribution >= 4 is 0 Å². The Hall–Kier alpha value is -0.0400. The minimum atomic E-state index is 0.349. The molecule has 90 valence electrons. The molecule has 0 amide bonds. The first-order chi connectivity index (χ1) is 6.76. The quantitative estimate of drug-likeness (QED) is 0.635. The molecule has 1 fully saturated rings. The first-order valence-corrected chi connectivity index (χ1v) is 6.51. The van der Waals surface area contributed by atoms with Gasteiger partial charge in [-0.3, -0.25) is 4.90 Å². The fourth-order valence-electron chi connectivity index (χ4n) is 2.55. The van der Waals surface area contributed by atoms with E-state index in [0.717, 1.165) is 5.92 Å². The van der Waals surface area contributed by atoms with E-state index in [2.05, 4.69) is 46.4 Å². The zero-order valence-corrected chi connectivity index (χ0v) is 11.6. The monoisotopic (exact) mass is 211 g/mol. The van der Waals surface area contributed by atoms with E-state index in [1.54, 1.807) is 0 Å². The summed E-state index contributed by atoms with van der Waals surface area (Å²) in [7, 11) is 0. The van der Waals surface area contributed by atoms with Crippen molar-refractivity contribution in [3.63, 3.8) is 0 Å². The summed E-state index contributed by atoms with van der Waals surface area (Å²) in [5, 5.41) is 0. The molecular weight excluding hydrogens is 182 g/mol. The van der Waals surface area contributed by atoms with Crippen LogP contribution in [0.25, 0.3) is 0 Å². The smallest absolute Gasteiger partial charge is 0.0125 e. The zero-order chi connectivity index (χ0) is 11.7. The van der Waals surface area contributed by atoms with Gasteiger partial charge in [0.25, 0.3) is 0 Å². The molecule has 0 N–H and O–H groups in total. The number of hydrogen-bond donors (Lipinski definition) is 0. The highest BCUT2D eigenvalue weighted by Gasteiger charge is 2.33. The SMILES string of the molecule is CC(C)C1(C)CCCN(C(C)(C)C)CC1. The molecule has 1 aliphatic heterocycles. The summed E-state index contributed by atoms with van der Waals surface area (Å²) in [6.07, 6.45) is 4.13. The lowest BCUT2D eigenvalue weighted by Crippen LogP contribution is -2.42. The van der Waals surface area contributed by atoms with Gasteiger partial charge in [-0.05, 0) is 64.5 Å². The predicted octanol–water partition coefficient (Wildman–Crippen LogP) is 3.93. The van der Waals surface area contributed by atoms with Crippen LogP contribution in [0.3, 0.4) is 0 Å². The third kappa shape index (κ3) is 3.21. The molecule has 1 unspecified atom stereocenters. The average Bonchev–Trinajstić information content (AvgIpc) is 2.26. The van der Waals surface area contributed by atoms with Crippen LogP contribution >= 0.6 is 0 Å². The van der Waals surface area contributed by atoms with Crippen molar-refractivity contribution in [2.75, 3.05) is 13.1 Å². The van der Waals surface area contributed by atoms with Gasteiger partial charge in [0.05, 0.1) is 0 Å². The van der Waals surface area contributed by atoms with Crippen molar-refractivity contribution in [3.05, 3.63) is 0 Å². The van der Waals surface area contributed by atoms with Crippen LogP contribution in [-0.2, 0) is 0 Å². The van der Waals surface area contributed by atoms with E-state index in [4.69, 9.17) is 0 Å². The average molecular weight is 211 g/mol. The minimum Gasteiger partial charge on any atom is -0.298 e. The van der Waals surface area contributed by atoms with Crippen LogP contribution in [-0.4, -0.2) is 23.5 Å². The van der Waals surface area contributed by atoms with Gasteiger partial charge in [0.1, 0.15) is 0 Å². The van der Waals surface area contributed by atoms with Crippen LogP contribution in [0.1, 0.15) is 60.8 Å². The molecular formula is C14H29N. The fraction of sp³-hybridized carbons (Fsp3) is 1.00. The second-order valence-electron chi connectivity index (χ2n) is 6.82. The first-order valence-electron chi connectivity index (χ1n) is 6.51. The largest absolute Gasteiger partial charge is 0.298 e. The molecule has 0 saturated carbocycles. The van der Waals surface area contributed by atoms with Crippen LogP contribution in [0.2, 0.25) is 0 Å². The van der Waals surface area contributed by atoms with Gasteiger partial charge in [-0.25, -0.2) is 0 Å². The third-order valence-corrected chi connectivity index (χ3v) is 4.47. The molecule has 0 aromatic carbocycles. The molecule has 1 heterocycles. The first kappa shape index (κ1) is 13.0. The molecule has 0 aromatic rings. The van der Waals surface area contributed by atoms with Crippen LogP contribution < -0.4 is 0 Å². The Morgan fingerprint density at radius 3 is 2.13 bits per heavy atom.